The monoisotopic (exact) mass is 772 g/mol. The quantitative estimate of drug-likeness (QED) is 0.0673. The molecule has 0 amide bonds. The molecule has 10 atom stereocenters. The Morgan fingerprint density at radius 2 is 1.35 bits per heavy atom. The third kappa shape index (κ3) is 8.15. The number of carbonyl (C=O) groups is 1. The minimum Gasteiger partial charge on any atom is -0.508 e. The van der Waals surface area contributed by atoms with Crippen molar-refractivity contribution in [1.82, 2.24) is 0 Å². The first-order valence-electron chi connectivity index (χ1n) is 16.5. The molecule has 2 aliphatic heterocycles. The van der Waals surface area contributed by atoms with Gasteiger partial charge in [0.25, 0.3) is 0 Å². The number of benzene rings is 3. The molecular formula is C36H36O19. The van der Waals surface area contributed by atoms with E-state index in [4.69, 9.17) is 28.1 Å². The molecule has 2 saturated heterocycles. The summed E-state index contributed by atoms with van der Waals surface area (Å²) in [4.78, 5) is 26.4. The van der Waals surface area contributed by atoms with Gasteiger partial charge >= 0.3 is 5.97 Å². The number of aliphatic hydroxyl groups excluding tert-OH is 7. The summed E-state index contributed by atoms with van der Waals surface area (Å²) in [6.07, 6.45) is -15.5. The van der Waals surface area contributed by atoms with Gasteiger partial charge in [-0.2, -0.15) is 0 Å². The molecule has 2 fully saturated rings. The maximum atomic E-state index is 14.0. The van der Waals surface area contributed by atoms with E-state index in [1.807, 2.05) is 0 Å². The summed E-state index contributed by atoms with van der Waals surface area (Å²) in [6, 6.07) is 11.0. The lowest BCUT2D eigenvalue weighted by molar-refractivity contribution is -0.278. The van der Waals surface area contributed by atoms with Gasteiger partial charge in [0.1, 0.15) is 83.7 Å². The van der Waals surface area contributed by atoms with Crippen molar-refractivity contribution < 1.29 is 89.1 Å². The minimum atomic E-state index is -2.04. The van der Waals surface area contributed by atoms with Crippen LogP contribution in [0.3, 0.4) is 0 Å². The fraction of sp³-hybridized carbons (Fsp3) is 0.333. The zero-order valence-electron chi connectivity index (χ0n) is 28.2. The van der Waals surface area contributed by atoms with Gasteiger partial charge in [-0.25, -0.2) is 4.79 Å². The maximum Gasteiger partial charge on any atom is 0.330 e. The summed E-state index contributed by atoms with van der Waals surface area (Å²) < 4.78 is 33.4. The Labute approximate surface area is 308 Å². The van der Waals surface area contributed by atoms with Crippen LogP contribution in [0.5, 0.6) is 34.5 Å². The van der Waals surface area contributed by atoms with E-state index in [-0.39, 0.29) is 16.9 Å². The number of carbonyl (C=O) groups excluding carboxylic acids is 1. The number of esters is 1. The number of phenolic OH excluding ortho intramolecular Hbond substituents is 4. The second-order valence-corrected chi connectivity index (χ2v) is 12.6. The minimum absolute atomic E-state index is 0.0130. The van der Waals surface area contributed by atoms with Crippen LogP contribution in [0.25, 0.3) is 28.4 Å². The van der Waals surface area contributed by atoms with Crippen LogP contribution in [0, 0.1) is 0 Å². The van der Waals surface area contributed by atoms with Gasteiger partial charge < -0.3 is 84.3 Å². The first-order chi connectivity index (χ1) is 26.2. The highest BCUT2D eigenvalue weighted by Gasteiger charge is 2.47. The highest BCUT2D eigenvalue weighted by atomic mass is 16.7. The molecule has 11 N–H and O–H groups in total. The molecule has 3 aromatic carbocycles. The van der Waals surface area contributed by atoms with Gasteiger partial charge in [-0.15, -0.1) is 0 Å². The zero-order valence-corrected chi connectivity index (χ0v) is 28.2. The number of fused-ring (bicyclic) bond motifs is 1. The molecule has 10 unspecified atom stereocenters. The van der Waals surface area contributed by atoms with E-state index in [1.54, 1.807) is 0 Å². The highest BCUT2D eigenvalue weighted by molar-refractivity contribution is 5.88. The number of hydrogen-bond acceptors (Lipinski definition) is 19. The molecule has 2 aliphatic rings. The molecule has 0 aliphatic carbocycles. The van der Waals surface area contributed by atoms with E-state index in [2.05, 4.69) is 0 Å². The third-order valence-corrected chi connectivity index (χ3v) is 8.83. The second-order valence-electron chi connectivity index (χ2n) is 12.6. The summed E-state index contributed by atoms with van der Waals surface area (Å²) in [7, 11) is 0. The van der Waals surface area contributed by atoms with E-state index in [1.165, 1.54) is 36.4 Å². The Kier molecular flexibility index (Phi) is 11.5. The largest absolute Gasteiger partial charge is 0.508 e. The molecule has 3 heterocycles. The Morgan fingerprint density at radius 1 is 0.709 bits per heavy atom. The molecule has 6 rings (SSSR count). The average Bonchev–Trinajstić information content (AvgIpc) is 3.15. The SMILES string of the molecule is O=C(C=Cc1ccc(O)cc1)OCC1OC(Oc2c(-c3ccc(O)c(OC4OC(CO)C(O)C(O)C4O)c3)oc3cc(O)cc(O)c3c2=O)C(O)C(O)C1O. The number of aromatic hydroxyl groups is 4. The molecule has 4 aromatic rings. The number of ether oxygens (including phenoxy) is 5. The van der Waals surface area contributed by atoms with Crippen LogP contribution in [0.15, 0.2) is 69.9 Å². The molecule has 0 saturated carbocycles. The van der Waals surface area contributed by atoms with E-state index in [0.29, 0.717) is 5.56 Å². The fourth-order valence-corrected chi connectivity index (χ4v) is 5.83. The van der Waals surface area contributed by atoms with Crippen molar-refractivity contribution in [3.63, 3.8) is 0 Å². The van der Waals surface area contributed by atoms with Crippen LogP contribution in [0.1, 0.15) is 5.56 Å². The summed E-state index contributed by atoms with van der Waals surface area (Å²) in [5.74, 6) is -4.45. The molecule has 19 heteroatoms. The lowest BCUT2D eigenvalue weighted by Gasteiger charge is -2.39. The van der Waals surface area contributed by atoms with E-state index in [0.717, 1.165) is 30.3 Å². The number of rotatable bonds is 10. The Morgan fingerprint density at radius 3 is 2.02 bits per heavy atom. The van der Waals surface area contributed by atoms with Crippen molar-refractivity contribution in [2.45, 2.75) is 61.4 Å². The van der Waals surface area contributed by atoms with E-state index < -0.39 is 126 Å². The number of aliphatic hydroxyl groups is 7. The van der Waals surface area contributed by atoms with Crippen molar-refractivity contribution in [1.29, 1.82) is 0 Å². The van der Waals surface area contributed by atoms with Gasteiger partial charge in [-0.1, -0.05) is 12.1 Å². The van der Waals surface area contributed by atoms with Crippen molar-refractivity contribution >= 4 is 23.0 Å². The molecule has 0 radical (unpaired) electrons. The normalized spacial score (nSPS) is 28.3. The van der Waals surface area contributed by atoms with Crippen molar-refractivity contribution in [3.05, 3.63) is 76.5 Å². The number of hydrogen-bond donors (Lipinski definition) is 11. The smallest absolute Gasteiger partial charge is 0.330 e. The average molecular weight is 773 g/mol. The predicted molar refractivity (Wildman–Crippen MR) is 183 cm³/mol. The predicted octanol–water partition coefficient (Wildman–Crippen LogP) is -1.10. The van der Waals surface area contributed by atoms with Gasteiger partial charge in [0.2, 0.25) is 23.8 Å². The zero-order chi connectivity index (χ0) is 39.7. The summed E-state index contributed by atoms with van der Waals surface area (Å²) in [5, 5.41) is 113. The molecule has 1 aromatic heterocycles. The van der Waals surface area contributed by atoms with Crippen LogP contribution in [-0.4, -0.2) is 137 Å². The molecule has 0 spiro atoms. The van der Waals surface area contributed by atoms with Gasteiger partial charge in [0.05, 0.1) is 6.61 Å². The van der Waals surface area contributed by atoms with Crippen LogP contribution in [0.4, 0.5) is 0 Å². The van der Waals surface area contributed by atoms with Gasteiger partial charge in [0.15, 0.2) is 17.3 Å². The lowest BCUT2D eigenvalue weighted by Crippen LogP contribution is -2.60. The summed E-state index contributed by atoms with van der Waals surface area (Å²) in [6.45, 7) is -1.46. The maximum absolute atomic E-state index is 14.0. The van der Waals surface area contributed by atoms with Gasteiger partial charge in [0, 0.05) is 23.8 Å². The third-order valence-electron chi connectivity index (χ3n) is 8.83. The summed E-state index contributed by atoms with van der Waals surface area (Å²) >= 11 is 0. The van der Waals surface area contributed by atoms with Gasteiger partial charge in [-0.3, -0.25) is 4.79 Å². The molecule has 55 heavy (non-hydrogen) atoms. The Hall–Kier alpha value is -5.48. The molecule has 294 valence electrons. The van der Waals surface area contributed by atoms with E-state index >= 15 is 0 Å². The van der Waals surface area contributed by atoms with E-state index in [9.17, 15) is 65.8 Å². The Bertz CT molecular complexity index is 2100. The standard InChI is InChI=1S/C36H36O19/c37-12-22-26(43)29(46)31(48)35(53-22)52-20-9-15(4-7-18(20)40)33-34(28(45)25-19(41)10-17(39)11-21(25)51-33)55-36-32(49)30(47)27(44)23(54-36)13-50-24(42)8-3-14-1-5-16(38)6-2-14/h1-11,22-23,26-27,29-32,35-41,43-44,46-49H,12-13H2. The fourth-order valence-electron chi connectivity index (χ4n) is 5.83. The molecular weight excluding hydrogens is 736 g/mol. The second kappa shape index (κ2) is 16.1. The van der Waals surface area contributed by atoms with Gasteiger partial charge in [-0.05, 0) is 42.0 Å². The van der Waals surface area contributed by atoms with Crippen molar-refractivity contribution in [2.75, 3.05) is 13.2 Å². The molecule has 0 bridgehead atoms. The highest BCUT2D eigenvalue weighted by Crippen LogP contribution is 2.40. The Balaban J connectivity index is 1.31. The van der Waals surface area contributed by atoms with Crippen LogP contribution in [0.2, 0.25) is 0 Å². The number of phenols is 4. The van der Waals surface area contributed by atoms with Crippen molar-refractivity contribution in [2.24, 2.45) is 0 Å². The lowest BCUT2D eigenvalue weighted by atomic mass is 9.99. The summed E-state index contributed by atoms with van der Waals surface area (Å²) in [5.41, 5.74) is -1.06. The topological polar surface area (TPSA) is 316 Å². The van der Waals surface area contributed by atoms with Crippen LogP contribution < -0.4 is 14.9 Å². The van der Waals surface area contributed by atoms with Crippen LogP contribution in [-0.2, 0) is 19.0 Å². The first-order valence-corrected chi connectivity index (χ1v) is 16.5. The van der Waals surface area contributed by atoms with Crippen LogP contribution >= 0.6 is 0 Å². The first kappa shape index (κ1) is 39.2. The molecule has 19 nitrogen and oxygen atoms in total. The van der Waals surface area contributed by atoms with Crippen molar-refractivity contribution in [3.8, 4) is 45.8 Å².